The van der Waals surface area contributed by atoms with Crippen LogP contribution in [0.5, 0.6) is 0 Å². The van der Waals surface area contributed by atoms with Gasteiger partial charge in [0, 0.05) is 31.9 Å². The van der Waals surface area contributed by atoms with Gasteiger partial charge in [-0.1, -0.05) is 17.7 Å². The van der Waals surface area contributed by atoms with Gasteiger partial charge in [-0.2, -0.15) is 0 Å². The lowest BCUT2D eigenvalue weighted by Crippen LogP contribution is -2.38. The highest BCUT2D eigenvalue weighted by Gasteiger charge is 2.29. The van der Waals surface area contributed by atoms with Crippen LogP contribution >= 0.6 is 22.9 Å². The first-order valence-electron chi connectivity index (χ1n) is 7.69. The minimum atomic E-state index is -0.107. The maximum Gasteiger partial charge on any atom is 0.261 e. The van der Waals surface area contributed by atoms with Gasteiger partial charge in [0.15, 0.2) is 0 Å². The Labute approximate surface area is 149 Å². The predicted octanol–water partition coefficient (Wildman–Crippen LogP) is 3.09. The predicted molar refractivity (Wildman–Crippen MR) is 97.1 cm³/mol. The molecule has 0 radical (unpaired) electrons. The minimum absolute atomic E-state index is 0.0326. The third-order valence-corrected chi connectivity index (χ3v) is 5.24. The second-order valence-electron chi connectivity index (χ2n) is 5.63. The Hall–Kier alpha value is -2.05. The highest BCUT2D eigenvalue weighted by Crippen LogP contribution is 2.24. The van der Waals surface area contributed by atoms with Crippen molar-refractivity contribution in [2.75, 3.05) is 25.5 Å². The molecule has 0 saturated carbocycles. The molecule has 1 saturated heterocycles. The molecule has 5 nitrogen and oxygen atoms in total. The van der Waals surface area contributed by atoms with Crippen LogP contribution in [0.3, 0.4) is 0 Å². The molecule has 1 aliphatic heterocycles. The van der Waals surface area contributed by atoms with Crippen LogP contribution in [0.4, 0.5) is 5.69 Å². The summed E-state index contributed by atoms with van der Waals surface area (Å²) in [5.74, 6) is -0.190. The number of nitrogens with one attached hydrogen (secondary N) is 2. The Morgan fingerprint density at radius 3 is 2.88 bits per heavy atom. The summed E-state index contributed by atoms with van der Waals surface area (Å²) in [7, 11) is 1.80. The van der Waals surface area contributed by atoms with Crippen LogP contribution in [-0.4, -0.2) is 42.9 Å². The van der Waals surface area contributed by atoms with Gasteiger partial charge in [-0.3, -0.25) is 9.59 Å². The molecule has 0 unspecified atom stereocenters. The normalized spacial score (nSPS) is 16.9. The van der Waals surface area contributed by atoms with E-state index < -0.39 is 0 Å². The fourth-order valence-electron chi connectivity index (χ4n) is 2.74. The Bertz CT molecular complexity index is 748. The average molecular weight is 364 g/mol. The molecular weight excluding hydrogens is 346 g/mol. The maximum absolute atomic E-state index is 12.7. The maximum atomic E-state index is 12.7. The number of likely N-dealkylation sites (tertiary alicyclic amines) is 1. The fourth-order valence-corrected chi connectivity index (χ4v) is 3.57. The van der Waals surface area contributed by atoms with Crippen LogP contribution in [-0.2, 0) is 0 Å². The van der Waals surface area contributed by atoms with Crippen molar-refractivity contribution in [3.63, 3.8) is 0 Å². The molecule has 24 heavy (non-hydrogen) atoms. The first-order valence-corrected chi connectivity index (χ1v) is 8.95. The van der Waals surface area contributed by atoms with E-state index in [9.17, 15) is 9.59 Å². The Morgan fingerprint density at radius 2 is 2.17 bits per heavy atom. The van der Waals surface area contributed by atoms with Gasteiger partial charge >= 0.3 is 0 Å². The summed E-state index contributed by atoms with van der Waals surface area (Å²) in [6.45, 7) is 1.10. The zero-order valence-electron chi connectivity index (χ0n) is 13.2. The number of thiophene rings is 1. The summed E-state index contributed by atoms with van der Waals surface area (Å²) in [5.41, 5.74) is 1.32. The first-order chi connectivity index (χ1) is 11.6. The van der Waals surface area contributed by atoms with Gasteiger partial charge in [0.05, 0.1) is 15.5 Å². The molecule has 1 aromatic heterocycles. The largest absolute Gasteiger partial charge is 0.388 e. The zero-order valence-corrected chi connectivity index (χ0v) is 14.8. The molecule has 1 aromatic carbocycles. The number of anilines is 1. The van der Waals surface area contributed by atoms with E-state index in [0.717, 1.165) is 12.1 Å². The monoisotopic (exact) mass is 363 g/mol. The second kappa shape index (κ2) is 7.23. The van der Waals surface area contributed by atoms with Crippen molar-refractivity contribution in [3.05, 3.63) is 51.2 Å². The molecule has 3 rings (SSSR count). The summed E-state index contributed by atoms with van der Waals surface area (Å²) < 4.78 is 0. The smallest absolute Gasteiger partial charge is 0.261 e. The third-order valence-electron chi connectivity index (χ3n) is 4.04. The van der Waals surface area contributed by atoms with E-state index >= 15 is 0 Å². The van der Waals surface area contributed by atoms with Crippen molar-refractivity contribution >= 4 is 40.4 Å². The number of rotatable bonds is 4. The molecule has 2 amide bonds. The number of nitrogens with zero attached hydrogens (tertiary/aromatic N) is 1. The molecular formula is C17H18ClN3O2S. The van der Waals surface area contributed by atoms with Gasteiger partial charge in [0.25, 0.3) is 11.8 Å². The average Bonchev–Trinajstić information content (AvgIpc) is 3.26. The van der Waals surface area contributed by atoms with Gasteiger partial charge in [-0.25, -0.2) is 0 Å². The van der Waals surface area contributed by atoms with E-state index in [1.165, 1.54) is 11.3 Å². The van der Waals surface area contributed by atoms with E-state index in [1.54, 1.807) is 30.1 Å². The van der Waals surface area contributed by atoms with Crippen LogP contribution < -0.4 is 10.6 Å². The summed E-state index contributed by atoms with van der Waals surface area (Å²) >= 11 is 7.58. The minimum Gasteiger partial charge on any atom is -0.388 e. The van der Waals surface area contributed by atoms with E-state index in [1.807, 2.05) is 17.5 Å². The molecule has 2 aromatic rings. The zero-order chi connectivity index (χ0) is 17.1. The number of hydrogen-bond donors (Lipinski definition) is 2. The molecule has 7 heteroatoms. The van der Waals surface area contributed by atoms with E-state index in [4.69, 9.17) is 11.6 Å². The molecule has 1 atom stereocenters. The molecule has 1 fully saturated rings. The number of hydrogen-bond acceptors (Lipinski definition) is 4. The van der Waals surface area contributed by atoms with Gasteiger partial charge < -0.3 is 15.5 Å². The molecule has 0 spiro atoms. The lowest BCUT2D eigenvalue weighted by Gasteiger charge is -2.18. The van der Waals surface area contributed by atoms with Crippen molar-refractivity contribution in [2.45, 2.75) is 12.5 Å². The van der Waals surface area contributed by atoms with Crippen molar-refractivity contribution in [3.8, 4) is 0 Å². The van der Waals surface area contributed by atoms with Crippen LogP contribution in [0.15, 0.2) is 35.7 Å². The van der Waals surface area contributed by atoms with Crippen LogP contribution in [0.1, 0.15) is 26.5 Å². The molecule has 2 heterocycles. The summed E-state index contributed by atoms with van der Waals surface area (Å²) in [6.07, 6.45) is 0.742. The van der Waals surface area contributed by atoms with Gasteiger partial charge in [-0.05, 0) is 36.1 Å². The number of halogens is 1. The van der Waals surface area contributed by atoms with Crippen LogP contribution in [0, 0.1) is 0 Å². The first kappa shape index (κ1) is 16.8. The Balaban J connectivity index is 1.65. The third kappa shape index (κ3) is 3.55. The summed E-state index contributed by atoms with van der Waals surface area (Å²) in [5, 5.41) is 8.30. The van der Waals surface area contributed by atoms with Crippen molar-refractivity contribution in [1.29, 1.82) is 0 Å². The Morgan fingerprint density at radius 1 is 1.33 bits per heavy atom. The van der Waals surface area contributed by atoms with Crippen molar-refractivity contribution in [1.82, 2.24) is 10.2 Å². The molecule has 126 valence electrons. The lowest BCUT2D eigenvalue weighted by atomic mass is 10.1. The molecule has 0 bridgehead atoms. The van der Waals surface area contributed by atoms with Crippen LogP contribution in [0.25, 0.3) is 0 Å². The van der Waals surface area contributed by atoms with Crippen molar-refractivity contribution in [2.24, 2.45) is 0 Å². The van der Waals surface area contributed by atoms with E-state index in [0.29, 0.717) is 28.6 Å². The number of amides is 2. The topological polar surface area (TPSA) is 61.4 Å². The second-order valence-corrected chi connectivity index (χ2v) is 6.99. The highest BCUT2D eigenvalue weighted by molar-refractivity contribution is 7.12. The van der Waals surface area contributed by atoms with E-state index in [2.05, 4.69) is 10.6 Å². The number of carbonyl (C=O) groups excluding carboxylic acids is 2. The standard InChI is InChI=1S/C17H18ClN3O2S/c1-19-11-4-5-14(18)13(9-11)17(23)21-7-6-12(10-21)20-16(22)15-3-2-8-24-15/h2-5,8-9,12,19H,6-7,10H2,1H3,(H,20,22)/t12-/m1/s1. The summed E-state index contributed by atoms with van der Waals surface area (Å²) in [6, 6.07) is 8.90. The number of benzene rings is 1. The molecule has 2 N–H and O–H groups in total. The SMILES string of the molecule is CNc1ccc(Cl)c(C(=O)N2CC[C@@H](NC(=O)c3cccs3)C2)c1. The van der Waals surface area contributed by atoms with Gasteiger partial charge in [-0.15, -0.1) is 11.3 Å². The quantitative estimate of drug-likeness (QED) is 0.877. The van der Waals surface area contributed by atoms with Gasteiger partial charge in [0.2, 0.25) is 0 Å². The van der Waals surface area contributed by atoms with Crippen molar-refractivity contribution < 1.29 is 9.59 Å². The van der Waals surface area contributed by atoms with Crippen LogP contribution in [0.2, 0.25) is 5.02 Å². The van der Waals surface area contributed by atoms with Gasteiger partial charge in [0.1, 0.15) is 0 Å². The fraction of sp³-hybridized carbons (Fsp3) is 0.294. The summed E-state index contributed by atoms with van der Waals surface area (Å²) in [4.78, 5) is 27.2. The van der Waals surface area contributed by atoms with E-state index in [-0.39, 0.29) is 17.9 Å². The lowest BCUT2D eigenvalue weighted by molar-refractivity contribution is 0.0783. The molecule has 0 aliphatic carbocycles. The molecule has 1 aliphatic rings. The Kier molecular flexibility index (Phi) is 5.06. The number of carbonyl (C=O) groups is 2. The highest BCUT2D eigenvalue weighted by atomic mass is 35.5.